The van der Waals surface area contributed by atoms with Crippen LogP contribution in [0.15, 0.2) is 58.3 Å². The Labute approximate surface area is 179 Å². The lowest BCUT2D eigenvalue weighted by Crippen LogP contribution is -2.27. The topological polar surface area (TPSA) is 76.1 Å². The molecule has 1 heterocycles. The molecule has 0 spiro atoms. The minimum atomic E-state index is -0.486. The van der Waals surface area contributed by atoms with Crippen LogP contribution in [0.1, 0.15) is 11.1 Å². The summed E-state index contributed by atoms with van der Waals surface area (Å²) in [7, 11) is 1.61. The lowest BCUT2D eigenvalue weighted by atomic mass is 10.1. The number of H-pyrrole nitrogens is 1. The molecule has 8 heteroatoms. The zero-order chi connectivity index (χ0) is 20.1. The highest BCUT2D eigenvalue weighted by molar-refractivity contribution is 14.1. The van der Waals surface area contributed by atoms with Gasteiger partial charge in [0, 0.05) is 29.8 Å². The summed E-state index contributed by atoms with van der Waals surface area (Å²) in [5.74, 6) is 0.721. The monoisotopic (exact) mass is 507 g/mol. The molecule has 0 unspecified atom stereocenters. The third kappa shape index (κ3) is 4.68. The fourth-order valence-electron chi connectivity index (χ4n) is 2.66. The van der Waals surface area contributed by atoms with Gasteiger partial charge in [-0.05, 0) is 52.4 Å². The van der Waals surface area contributed by atoms with E-state index >= 15 is 0 Å². The summed E-state index contributed by atoms with van der Waals surface area (Å²) in [5.41, 5.74) is 2.63. The number of aromatic amines is 1. The lowest BCUT2D eigenvalue weighted by Gasteiger charge is -2.12. The van der Waals surface area contributed by atoms with E-state index in [0.717, 1.165) is 26.1 Å². The van der Waals surface area contributed by atoms with Gasteiger partial charge in [0.2, 0.25) is 0 Å². The van der Waals surface area contributed by atoms with Crippen LogP contribution in [0.4, 0.5) is 5.69 Å². The maximum absolute atomic E-state index is 12.1. The summed E-state index contributed by atoms with van der Waals surface area (Å²) >= 11 is 3.71. The third-order valence-electron chi connectivity index (χ3n) is 3.95. The van der Waals surface area contributed by atoms with Gasteiger partial charge in [0.1, 0.15) is 5.75 Å². The van der Waals surface area contributed by atoms with Gasteiger partial charge in [0.25, 0.3) is 5.56 Å². The minimum absolute atomic E-state index is 0.427. The molecule has 1 aromatic heterocycles. The van der Waals surface area contributed by atoms with Crippen LogP contribution < -0.4 is 20.7 Å². The normalized spacial score (nSPS) is 11.0. The molecule has 0 amide bonds. The summed E-state index contributed by atoms with van der Waals surface area (Å²) in [5, 5.41) is 0. The number of benzene rings is 2. The van der Waals surface area contributed by atoms with Crippen LogP contribution in [0.25, 0.3) is 17.8 Å². The first kappa shape index (κ1) is 20.3. The number of nitrogens with one attached hydrogen (secondary N) is 2. The summed E-state index contributed by atoms with van der Waals surface area (Å²) < 4.78 is 11.0. The van der Waals surface area contributed by atoms with E-state index in [1.807, 2.05) is 54.8 Å². The summed E-state index contributed by atoms with van der Waals surface area (Å²) in [6, 6.07) is 13.0. The van der Waals surface area contributed by atoms with Crippen LogP contribution in [0, 0.1) is 3.57 Å². The Morgan fingerprint density at radius 2 is 1.89 bits per heavy atom. The molecule has 144 valence electrons. The number of hydrogen-bond donors (Lipinski definition) is 2. The third-order valence-corrected chi connectivity index (χ3v) is 5.19. The van der Waals surface area contributed by atoms with E-state index in [1.165, 1.54) is 16.8 Å². The average molecular weight is 507 g/mol. The predicted octanol–water partition coefficient (Wildman–Crippen LogP) is 4.00. The first-order valence-electron chi connectivity index (χ1n) is 8.29. The molecule has 6 nitrogen and oxygen atoms in total. The molecule has 2 aromatic carbocycles. The molecule has 0 radical (unpaired) electrons. The zero-order valence-electron chi connectivity index (χ0n) is 15.2. The molecule has 3 aromatic rings. The van der Waals surface area contributed by atoms with Crippen molar-refractivity contribution in [3.63, 3.8) is 0 Å². The van der Waals surface area contributed by atoms with Gasteiger partial charge in [-0.2, -0.15) is 0 Å². The Hall–Kier alpha value is -2.46. The van der Waals surface area contributed by atoms with Crippen molar-refractivity contribution in [1.82, 2.24) is 9.55 Å². The van der Waals surface area contributed by atoms with Gasteiger partial charge in [-0.25, -0.2) is 4.79 Å². The van der Waals surface area contributed by atoms with E-state index in [2.05, 4.69) is 32.3 Å². The molecule has 0 aliphatic heterocycles. The molecule has 3 rings (SSSR count). The van der Waals surface area contributed by atoms with Gasteiger partial charge >= 0.3 is 5.69 Å². The second-order valence-corrected chi connectivity index (χ2v) is 7.57. The van der Waals surface area contributed by atoms with Crippen molar-refractivity contribution in [1.29, 1.82) is 0 Å². The van der Waals surface area contributed by atoms with E-state index in [4.69, 9.17) is 4.74 Å². The van der Waals surface area contributed by atoms with Crippen LogP contribution in [0.3, 0.4) is 0 Å². The number of nitrogens with zero attached hydrogens (tertiary/aromatic N) is 1. The smallest absolute Gasteiger partial charge is 0.332 e. The van der Waals surface area contributed by atoms with Crippen LogP contribution in [-0.2, 0) is 0 Å². The van der Waals surface area contributed by atoms with Crippen molar-refractivity contribution >= 4 is 52.4 Å². The van der Waals surface area contributed by atoms with Crippen molar-refractivity contribution in [2.45, 2.75) is 0 Å². The maximum atomic E-state index is 12.1. The van der Waals surface area contributed by atoms with Crippen molar-refractivity contribution in [2.24, 2.45) is 0 Å². The van der Waals surface area contributed by atoms with Gasteiger partial charge in [0.05, 0.1) is 16.4 Å². The lowest BCUT2D eigenvalue weighted by molar-refractivity contribution is 0.411. The Morgan fingerprint density at radius 3 is 2.54 bits per heavy atom. The molecule has 0 bridgehead atoms. The fourth-order valence-corrected chi connectivity index (χ4v) is 3.89. The van der Waals surface area contributed by atoms with Crippen molar-refractivity contribution in [3.05, 3.63) is 84.2 Å². The molecule has 0 fully saturated rings. The molecule has 0 atom stereocenters. The maximum Gasteiger partial charge on any atom is 0.332 e. The van der Waals surface area contributed by atoms with Crippen LogP contribution in [0.2, 0.25) is 0 Å². The van der Waals surface area contributed by atoms with Gasteiger partial charge < -0.3 is 9.46 Å². The average Bonchev–Trinajstić information content (AvgIpc) is 2.67. The molecule has 0 saturated heterocycles. The van der Waals surface area contributed by atoms with Gasteiger partial charge in [0.15, 0.2) is 0 Å². The molecule has 2 N–H and O–H groups in total. The Bertz CT molecular complexity index is 1120. The first-order chi connectivity index (χ1) is 13.5. The highest BCUT2D eigenvalue weighted by atomic mass is 127. The second kappa shape index (κ2) is 9.16. The zero-order valence-corrected chi connectivity index (χ0v) is 18.2. The SMILES string of the molecule is COc1c(I)cc(-n2ccc(=O)[nH]c2=O)cc1/C=C/c1ccc(NSC)cc1. The molecule has 0 aliphatic carbocycles. The standard InChI is InChI=1S/C20H18IN3O3S/c1-27-19-14(6-3-13-4-7-15(8-5-13)23-28-2)11-16(12-17(19)21)24-10-9-18(25)22-20(24)26/h3-12,23H,1-2H3,(H,22,25,26)/b6-3+. The predicted molar refractivity (Wildman–Crippen MR) is 124 cm³/mol. The summed E-state index contributed by atoms with van der Waals surface area (Å²) in [6.07, 6.45) is 7.36. The van der Waals surface area contributed by atoms with Gasteiger partial charge in [-0.1, -0.05) is 36.2 Å². The Morgan fingerprint density at radius 1 is 1.14 bits per heavy atom. The number of rotatable bonds is 6. The second-order valence-electron chi connectivity index (χ2n) is 5.79. The largest absolute Gasteiger partial charge is 0.495 e. The number of ether oxygens (including phenoxy) is 1. The Kier molecular flexibility index (Phi) is 6.63. The van der Waals surface area contributed by atoms with Crippen LogP contribution in [0.5, 0.6) is 5.75 Å². The molecular weight excluding hydrogens is 489 g/mol. The van der Waals surface area contributed by atoms with Gasteiger partial charge in [-0.3, -0.25) is 14.3 Å². The quantitative estimate of drug-likeness (QED) is 0.300. The number of anilines is 1. The van der Waals surface area contributed by atoms with Crippen molar-refractivity contribution in [3.8, 4) is 11.4 Å². The number of halogens is 1. The molecular formula is C20H18IN3O3S. The van der Waals surface area contributed by atoms with E-state index < -0.39 is 11.2 Å². The first-order valence-corrected chi connectivity index (χ1v) is 10.6. The van der Waals surface area contributed by atoms with Crippen LogP contribution >= 0.6 is 34.5 Å². The Balaban J connectivity index is 2.00. The molecule has 0 saturated carbocycles. The number of hydrogen-bond acceptors (Lipinski definition) is 5. The van der Waals surface area contributed by atoms with E-state index in [9.17, 15) is 9.59 Å². The van der Waals surface area contributed by atoms with E-state index in [0.29, 0.717) is 5.69 Å². The number of aromatic nitrogens is 2. The summed E-state index contributed by atoms with van der Waals surface area (Å²) in [6.45, 7) is 0. The highest BCUT2D eigenvalue weighted by Gasteiger charge is 2.10. The number of methoxy groups -OCH3 is 1. The fraction of sp³-hybridized carbons (Fsp3) is 0.100. The molecule has 0 aliphatic rings. The highest BCUT2D eigenvalue weighted by Crippen LogP contribution is 2.30. The summed E-state index contributed by atoms with van der Waals surface area (Å²) in [4.78, 5) is 25.7. The minimum Gasteiger partial charge on any atom is -0.495 e. The van der Waals surface area contributed by atoms with Crippen molar-refractivity contribution in [2.75, 3.05) is 18.1 Å². The molecule has 28 heavy (non-hydrogen) atoms. The van der Waals surface area contributed by atoms with E-state index in [-0.39, 0.29) is 0 Å². The van der Waals surface area contributed by atoms with Gasteiger partial charge in [-0.15, -0.1) is 0 Å². The van der Waals surface area contributed by atoms with Crippen molar-refractivity contribution < 1.29 is 4.74 Å². The van der Waals surface area contributed by atoms with E-state index in [1.54, 1.807) is 19.1 Å². The van der Waals surface area contributed by atoms with Crippen LogP contribution in [-0.4, -0.2) is 22.9 Å².